The van der Waals surface area contributed by atoms with E-state index >= 15 is 0 Å². The molecule has 0 aliphatic carbocycles. The molecule has 1 amide bonds. The maximum absolute atomic E-state index is 13.3. The van der Waals surface area contributed by atoms with E-state index in [1.54, 1.807) is 6.07 Å². The maximum atomic E-state index is 13.3. The van der Waals surface area contributed by atoms with Crippen LogP contribution in [0.15, 0.2) is 28.7 Å². The molecule has 2 aromatic rings. The molecule has 1 heterocycles. The zero-order valence-corrected chi connectivity index (χ0v) is 11.8. The molecule has 7 heteroatoms. The lowest BCUT2D eigenvalue weighted by Crippen LogP contribution is -2.12. The highest BCUT2D eigenvalue weighted by molar-refractivity contribution is 9.10. The second-order valence-electron chi connectivity index (χ2n) is 3.43. The largest absolute Gasteiger partial charge is 0.340 e. The molecule has 0 saturated carbocycles. The fourth-order valence-electron chi connectivity index (χ4n) is 1.30. The van der Waals surface area contributed by atoms with Crippen molar-refractivity contribution in [3.63, 3.8) is 0 Å². The number of rotatable bonds is 2. The summed E-state index contributed by atoms with van der Waals surface area (Å²) < 4.78 is 13.6. The SMILES string of the molecule is O=C(Nc1ccc(Br)c(F)c1)c1cc(Cl)c(Cl)[nH]1. The zero-order chi connectivity index (χ0) is 13.3. The first-order valence-corrected chi connectivity index (χ1v) is 6.32. The van der Waals surface area contributed by atoms with Gasteiger partial charge in [-0.3, -0.25) is 4.79 Å². The molecule has 0 unspecified atom stereocenters. The van der Waals surface area contributed by atoms with Crippen LogP contribution in [0.4, 0.5) is 10.1 Å². The van der Waals surface area contributed by atoms with E-state index in [2.05, 4.69) is 26.2 Å². The summed E-state index contributed by atoms with van der Waals surface area (Å²) >= 11 is 14.4. The van der Waals surface area contributed by atoms with Crippen molar-refractivity contribution in [2.24, 2.45) is 0 Å². The van der Waals surface area contributed by atoms with Crippen LogP contribution in [0, 0.1) is 5.82 Å². The number of anilines is 1. The Balaban J connectivity index is 2.18. The van der Waals surface area contributed by atoms with Gasteiger partial charge in [0.25, 0.3) is 5.91 Å². The number of carbonyl (C=O) groups is 1. The molecule has 94 valence electrons. The van der Waals surface area contributed by atoms with Crippen LogP contribution >= 0.6 is 39.1 Å². The van der Waals surface area contributed by atoms with Gasteiger partial charge in [-0.1, -0.05) is 23.2 Å². The summed E-state index contributed by atoms with van der Waals surface area (Å²) in [6, 6.07) is 5.67. The fraction of sp³-hybridized carbons (Fsp3) is 0. The Hall–Kier alpha value is -1.04. The maximum Gasteiger partial charge on any atom is 0.272 e. The van der Waals surface area contributed by atoms with Gasteiger partial charge in [-0.05, 0) is 40.2 Å². The van der Waals surface area contributed by atoms with Gasteiger partial charge in [-0.2, -0.15) is 0 Å². The lowest BCUT2D eigenvalue weighted by molar-refractivity contribution is 0.102. The molecular weight excluding hydrogens is 346 g/mol. The normalized spacial score (nSPS) is 10.4. The van der Waals surface area contributed by atoms with E-state index < -0.39 is 11.7 Å². The van der Waals surface area contributed by atoms with Gasteiger partial charge in [0.1, 0.15) is 16.7 Å². The molecule has 0 aliphatic heterocycles. The molecule has 3 nitrogen and oxygen atoms in total. The number of nitrogens with one attached hydrogen (secondary N) is 2. The number of carbonyl (C=O) groups excluding carboxylic acids is 1. The minimum atomic E-state index is -0.463. The number of halogens is 4. The van der Waals surface area contributed by atoms with Crippen molar-refractivity contribution in [2.45, 2.75) is 0 Å². The molecule has 0 bridgehead atoms. The summed E-state index contributed by atoms with van der Waals surface area (Å²) in [5, 5.41) is 2.96. The molecule has 1 aromatic heterocycles. The highest BCUT2D eigenvalue weighted by Gasteiger charge is 2.12. The second-order valence-corrected chi connectivity index (χ2v) is 5.07. The first kappa shape index (κ1) is 13.4. The average molecular weight is 352 g/mol. The highest BCUT2D eigenvalue weighted by Crippen LogP contribution is 2.23. The van der Waals surface area contributed by atoms with Gasteiger partial charge in [0.15, 0.2) is 0 Å². The Morgan fingerprint density at radius 2 is 2.06 bits per heavy atom. The van der Waals surface area contributed by atoms with E-state index in [1.807, 2.05) is 0 Å². The predicted octanol–water partition coefficient (Wildman–Crippen LogP) is 4.48. The molecular formula is C11H6BrCl2FN2O. The zero-order valence-electron chi connectivity index (χ0n) is 8.73. The molecule has 0 radical (unpaired) electrons. The monoisotopic (exact) mass is 350 g/mol. The molecule has 2 rings (SSSR count). The van der Waals surface area contributed by atoms with Gasteiger partial charge in [-0.25, -0.2) is 4.39 Å². The van der Waals surface area contributed by atoms with Crippen LogP contribution in [-0.2, 0) is 0 Å². The quantitative estimate of drug-likeness (QED) is 0.823. The molecule has 0 spiro atoms. The van der Waals surface area contributed by atoms with E-state index in [-0.39, 0.29) is 15.9 Å². The summed E-state index contributed by atoms with van der Waals surface area (Å²) in [7, 11) is 0. The van der Waals surface area contributed by atoms with Crippen LogP contribution in [0.3, 0.4) is 0 Å². The first-order valence-electron chi connectivity index (χ1n) is 4.78. The molecule has 0 atom stereocenters. The molecule has 18 heavy (non-hydrogen) atoms. The number of hydrogen-bond acceptors (Lipinski definition) is 1. The molecule has 0 fully saturated rings. The number of amides is 1. The average Bonchev–Trinajstić information content (AvgIpc) is 2.65. The fourth-order valence-corrected chi connectivity index (χ4v) is 1.86. The van der Waals surface area contributed by atoms with Crippen molar-refractivity contribution in [2.75, 3.05) is 5.32 Å². The Morgan fingerprint density at radius 3 is 2.61 bits per heavy atom. The number of hydrogen-bond donors (Lipinski definition) is 2. The van der Waals surface area contributed by atoms with Gasteiger partial charge in [-0.15, -0.1) is 0 Å². The standard InChI is InChI=1S/C11H6BrCl2FN2O/c12-6-2-1-5(3-8(6)15)16-11(18)9-4-7(13)10(14)17-9/h1-4,17H,(H,16,18). The Labute approximate surface area is 120 Å². The Morgan fingerprint density at radius 1 is 1.33 bits per heavy atom. The third kappa shape index (κ3) is 2.85. The third-order valence-corrected chi connectivity index (χ3v) is 3.48. The van der Waals surface area contributed by atoms with E-state index in [4.69, 9.17) is 23.2 Å². The van der Waals surface area contributed by atoms with Gasteiger partial charge >= 0.3 is 0 Å². The van der Waals surface area contributed by atoms with Crippen LogP contribution in [0.5, 0.6) is 0 Å². The third-order valence-electron chi connectivity index (χ3n) is 2.15. The van der Waals surface area contributed by atoms with Crippen molar-refractivity contribution >= 4 is 50.7 Å². The van der Waals surface area contributed by atoms with E-state index in [0.29, 0.717) is 10.2 Å². The van der Waals surface area contributed by atoms with Crippen molar-refractivity contribution in [3.8, 4) is 0 Å². The molecule has 2 N–H and O–H groups in total. The van der Waals surface area contributed by atoms with E-state index in [0.717, 1.165) is 0 Å². The second kappa shape index (κ2) is 5.30. The van der Waals surface area contributed by atoms with Gasteiger partial charge in [0.05, 0.1) is 9.50 Å². The minimum Gasteiger partial charge on any atom is -0.340 e. The number of benzene rings is 1. The number of aromatic nitrogens is 1. The van der Waals surface area contributed by atoms with Crippen LogP contribution < -0.4 is 5.32 Å². The van der Waals surface area contributed by atoms with Crippen molar-refractivity contribution in [1.29, 1.82) is 0 Å². The highest BCUT2D eigenvalue weighted by atomic mass is 79.9. The Kier molecular flexibility index (Phi) is 3.94. The van der Waals surface area contributed by atoms with E-state index in [1.165, 1.54) is 18.2 Å². The van der Waals surface area contributed by atoms with Crippen LogP contribution in [0.1, 0.15) is 10.5 Å². The van der Waals surface area contributed by atoms with Gasteiger partial charge in [0.2, 0.25) is 0 Å². The van der Waals surface area contributed by atoms with E-state index in [9.17, 15) is 9.18 Å². The lowest BCUT2D eigenvalue weighted by Gasteiger charge is -2.04. The predicted molar refractivity (Wildman–Crippen MR) is 72.9 cm³/mol. The van der Waals surface area contributed by atoms with Crippen LogP contribution in [0.2, 0.25) is 10.2 Å². The number of aromatic amines is 1. The first-order chi connectivity index (χ1) is 8.47. The van der Waals surface area contributed by atoms with Crippen molar-refractivity contribution in [1.82, 2.24) is 4.98 Å². The topological polar surface area (TPSA) is 44.9 Å². The van der Waals surface area contributed by atoms with Crippen LogP contribution in [0.25, 0.3) is 0 Å². The smallest absolute Gasteiger partial charge is 0.272 e. The minimum absolute atomic E-state index is 0.184. The summed E-state index contributed by atoms with van der Waals surface area (Å²) in [5.41, 5.74) is 0.538. The summed E-state index contributed by atoms with van der Waals surface area (Å²) in [6.45, 7) is 0. The summed E-state index contributed by atoms with van der Waals surface area (Å²) in [4.78, 5) is 14.4. The van der Waals surface area contributed by atoms with Crippen LogP contribution in [-0.4, -0.2) is 10.9 Å². The van der Waals surface area contributed by atoms with Crippen molar-refractivity contribution < 1.29 is 9.18 Å². The molecule has 1 aromatic carbocycles. The lowest BCUT2D eigenvalue weighted by atomic mass is 10.3. The number of H-pyrrole nitrogens is 1. The van der Waals surface area contributed by atoms with Gasteiger partial charge in [0, 0.05) is 5.69 Å². The summed E-state index contributed by atoms with van der Waals surface area (Å²) in [5.74, 6) is -0.916. The Bertz CT molecular complexity index is 596. The summed E-state index contributed by atoms with van der Waals surface area (Å²) in [6.07, 6.45) is 0. The molecule has 0 saturated heterocycles. The van der Waals surface area contributed by atoms with Crippen molar-refractivity contribution in [3.05, 3.63) is 50.4 Å². The van der Waals surface area contributed by atoms with Gasteiger partial charge < -0.3 is 10.3 Å². The molecule has 0 aliphatic rings.